The SMILES string of the molecule is C[C@H](NCc1csc(-c2ccco2)n1)[C@@H](C)n1cccn1. The summed E-state index contributed by atoms with van der Waals surface area (Å²) in [6.07, 6.45) is 5.46. The van der Waals surface area contributed by atoms with Crippen molar-refractivity contribution in [1.82, 2.24) is 20.1 Å². The number of aromatic nitrogens is 3. The van der Waals surface area contributed by atoms with Crippen LogP contribution in [-0.2, 0) is 6.54 Å². The minimum Gasteiger partial charge on any atom is -0.462 e. The van der Waals surface area contributed by atoms with Crippen molar-refractivity contribution < 1.29 is 4.42 Å². The molecule has 2 atom stereocenters. The summed E-state index contributed by atoms with van der Waals surface area (Å²) < 4.78 is 7.33. The molecule has 0 aliphatic carbocycles. The fourth-order valence-corrected chi connectivity index (χ4v) is 2.87. The molecule has 3 aromatic heterocycles. The Hall–Kier alpha value is -1.92. The Bertz CT molecular complexity index is 660. The van der Waals surface area contributed by atoms with Crippen LogP contribution in [0.15, 0.2) is 46.7 Å². The van der Waals surface area contributed by atoms with Crippen molar-refractivity contribution in [2.24, 2.45) is 0 Å². The fourth-order valence-electron chi connectivity index (χ4n) is 2.09. The van der Waals surface area contributed by atoms with E-state index in [9.17, 15) is 0 Å². The number of furan rings is 1. The monoisotopic (exact) mass is 302 g/mol. The molecule has 21 heavy (non-hydrogen) atoms. The first-order chi connectivity index (χ1) is 10.2. The van der Waals surface area contributed by atoms with E-state index >= 15 is 0 Å². The lowest BCUT2D eigenvalue weighted by molar-refractivity contribution is 0.364. The van der Waals surface area contributed by atoms with E-state index in [1.165, 1.54) is 0 Å². The van der Waals surface area contributed by atoms with Gasteiger partial charge in [0.15, 0.2) is 10.8 Å². The summed E-state index contributed by atoms with van der Waals surface area (Å²) in [4.78, 5) is 4.59. The van der Waals surface area contributed by atoms with Gasteiger partial charge in [0.1, 0.15) is 0 Å². The standard InChI is InChI=1S/C15H18N4OS/c1-11(12(2)19-7-4-6-17-19)16-9-13-10-21-15(18-13)14-5-3-8-20-14/h3-8,10-12,16H,9H2,1-2H3/t11-,12+/m0/s1. The molecule has 1 N–H and O–H groups in total. The zero-order chi connectivity index (χ0) is 14.7. The molecule has 0 unspecified atom stereocenters. The Balaban J connectivity index is 1.58. The second kappa shape index (κ2) is 6.24. The minimum absolute atomic E-state index is 0.295. The maximum absolute atomic E-state index is 5.36. The normalized spacial score (nSPS) is 14.2. The molecule has 0 saturated carbocycles. The van der Waals surface area contributed by atoms with Gasteiger partial charge in [-0.3, -0.25) is 4.68 Å². The van der Waals surface area contributed by atoms with E-state index in [0.29, 0.717) is 12.1 Å². The number of thiazole rings is 1. The Morgan fingerprint density at radius 3 is 3.00 bits per heavy atom. The first-order valence-corrected chi connectivity index (χ1v) is 7.83. The molecule has 110 valence electrons. The maximum atomic E-state index is 5.36. The van der Waals surface area contributed by atoms with Crippen molar-refractivity contribution in [3.8, 4) is 10.8 Å². The first kappa shape index (κ1) is 14.0. The summed E-state index contributed by atoms with van der Waals surface area (Å²) in [5, 5.41) is 10.8. The zero-order valence-electron chi connectivity index (χ0n) is 12.1. The van der Waals surface area contributed by atoms with Gasteiger partial charge in [-0.1, -0.05) is 0 Å². The van der Waals surface area contributed by atoms with E-state index in [0.717, 1.165) is 23.0 Å². The fraction of sp³-hybridized carbons (Fsp3) is 0.333. The molecule has 3 rings (SSSR count). The Morgan fingerprint density at radius 1 is 1.38 bits per heavy atom. The third kappa shape index (κ3) is 3.22. The highest BCUT2D eigenvalue weighted by atomic mass is 32.1. The van der Waals surface area contributed by atoms with Crippen LogP contribution in [0.3, 0.4) is 0 Å². The molecule has 0 radical (unpaired) electrons. The third-order valence-corrected chi connectivity index (χ3v) is 4.46. The molecule has 0 fully saturated rings. The molecule has 0 spiro atoms. The highest BCUT2D eigenvalue weighted by Crippen LogP contribution is 2.24. The van der Waals surface area contributed by atoms with Crippen LogP contribution in [0.2, 0.25) is 0 Å². The van der Waals surface area contributed by atoms with E-state index in [1.54, 1.807) is 23.8 Å². The van der Waals surface area contributed by atoms with Gasteiger partial charge in [0.05, 0.1) is 18.0 Å². The van der Waals surface area contributed by atoms with Crippen molar-refractivity contribution in [3.05, 3.63) is 47.9 Å². The lowest BCUT2D eigenvalue weighted by Crippen LogP contribution is -2.33. The topological polar surface area (TPSA) is 55.9 Å². The summed E-state index contributed by atoms with van der Waals surface area (Å²) in [6, 6.07) is 6.35. The predicted molar refractivity (Wildman–Crippen MR) is 83.1 cm³/mol. The summed E-state index contributed by atoms with van der Waals surface area (Å²) in [7, 11) is 0. The average molecular weight is 302 g/mol. The van der Waals surface area contributed by atoms with E-state index in [2.05, 4.69) is 34.6 Å². The van der Waals surface area contributed by atoms with E-state index < -0.39 is 0 Å². The van der Waals surface area contributed by atoms with Gasteiger partial charge in [-0.2, -0.15) is 5.10 Å². The quantitative estimate of drug-likeness (QED) is 0.759. The average Bonchev–Trinajstić information content (AvgIpc) is 3.25. The van der Waals surface area contributed by atoms with Crippen LogP contribution >= 0.6 is 11.3 Å². The molecule has 0 aromatic carbocycles. The van der Waals surface area contributed by atoms with Crippen molar-refractivity contribution >= 4 is 11.3 Å². The molecule has 0 saturated heterocycles. The van der Waals surface area contributed by atoms with Crippen LogP contribution in [0.4, 0.5) is 0 Å². The smallest absolute Gasteiger partial charge is 0.162 e. The minimum atomic E-state index is 0.295. The van der Waals surface area contributed by atoms with Gasteiger partial charge in [-0.05, 0) is 32.0 Å². The second-order valence-corrected chi connectivity index (χ2v) is 5.88. The van der Waals surface area contributed by atoms with Crippen LogP contribution in [-0.4, -0.2) is 20.8 Å². The number of hydrogen-bond donors (Lipinski definition) is 1. The lowest BCUT2D eigenvalue weighted by atomic mass is 10.2. The van der Waals surface area contributed by atoms with Crippen LogP contribution in [0.5, 0.6) is 0 Å². The van der Waals surface area contributed by atoms with Gasteiger partial charge < -0.3 is 9.73 Å². The van der Waals surface area contributed by atoms with Crippen molar-refractivity contribution in [2.75, 3.05) is 0 Å². The predicted octanol–water partition coefficient (Wildman–Crippen LogP) is 3.34. The van der Waals surface area contributed by atoms with Gasteiger partial charge >= 0.3 is 0 Å². The lowest BCUT2D eigenvalue weighted by Gasteiger charge is -2.21. The van der Waals surface area contributed by atoms with Crippen LogP contribution in [0.25, 0.3) is 10.8 Å². The van der Waals surface area contributed by atoms with E-state index in [4.69, 9.17) is 4.42 Å². The molecule has 0 aliphatic heterocycles. The summed E-state index contributed by atoms with van der Waals surface area (Å²) >= 11 is 1.60. The van der Waals surface area contributed by atoms with Gasteiger partial charge in [-0.25, -0.2) is 4.98 Å². The van der Waals surface area contributed by atoms with E-state index in [-0.39, 0.29) is 0 Å². The molecule has 0 bridgehead atoms. The Labute approximate surface area is 127 Å². The Kier molecular flexibility index (Phi) is 4.17. The summed E-state index contributed by atoms with van der Waals surface area (Å²) in [5.74, 6) is 0.823. The molecule has 6 heteroatoms. The number of nitrogens with zero attached hydrogens (tertiary/aromatic N) is 3. The molecule has 3 heterocycles. The van der Waals surface area contributed by atoms with E-state index in [1.807, 2.05) is 29.1 Å². The first-order valence-electron chi connectivity index (χ1n) is 6.95. The van der Waals surface area contributed by atoms with Crippen LogP contribution < -0.4 is 5.32 Å². The Morgan fingerprint density at radius 2 is 2.29 bits per heavy atom. The van der Waals surface area contributed by atoms with Crippen molar-refractivity contribution in [2.45, 2.75) is 32.5 Å². The highest BCUT2D eigenvalue weighted by molar-refractivity contribution is 7.13. The summed E-state index contributed by atoms with van der Waals surface area (Å²) in [5.41, 5.74) is 1.03. The molecule has 0 amide bonds. The summed E-state index contributed by atoms with van der Waals surface area (Å²) in [6.45, 7) is 5.05. The van der Waals surface area contributed by atoms with Crippen LogP contribution in [0, 0.1) is 0 Å². The van der Waals surface area contributed by atoms with Gasteiger partial charge in [0, 0.05) is 30.4 Å². The number of hydrogen-bond acceptors (Lipinski definition) is 5. The second-order valence-electron chi connectivity index (χ2n) is 5.02. The maximum Gasteiger partial charge on any atom is 0.162 e. The molecule has 5 nitrogen and oxygen atoms in total. The van der Waals surface area contributed by atoms with Gasteiger partial charge in [0.2, 0.25) is 0 Å². The van der Waals surface area contributed by atoms with Crippen molar-refractivity contribution in [3.63, 3.8) is 0 Å². The molecule has 0 aliphatic rings. The van der Waals surface area contributed by atoms with Gasteiger partial charge in [-0.15, -0.1) is 11.3 Å². The number of nitrogens with one attached hydrogen (secondary N) is 1. The molecule has 3 aromatic rings. The molecular formula is C15H18N4OS. The molecular weight excluding hydrogens is 284 g/mol. The highest BCUT2D eigenvalue weighted by Gasteiger charge is 2.14. The zero-order valence-corrected chi connectivity index (χ0v) is 12.9. The van der Waals surface area contributed by atoms with Crippen molar-refractivity contribution in [1.29, 1.82) is 0 Å². The van der Waals surface area contributed by atoms with Crippen LogP contribution in [0.1, 0.15) is 25.6 Å². The number of rotatable bonds is 6. The van der Waals surface area contributed by atoms with Gasteiger partial charge in [0.25, 0.3) is 0 Å². The third-order valence-electron chi connectivity index (χ3n) is 3.55. The largest absolute Gasteiger partial charge is 0.462 e.